The van der Waals surface area contributed by atoms with Crippen LogP contribution >= 0.6 is 0 Å². The van der Waals surface area contributed by atoms with Gasteiger partial charge in [-0.15, -0.1) is 0 Å². The average molecular weight is 377 g/mol. The van der Waals surface area contributed by atoms with Gasteiger partial charge in [0.1, 0.15) is 5.69 Å². The predicted octanol–water partition coefficient (Wildman–Crippen LogP) is 4.39. The Bertz CT molecular complexity index is 900. The van der Waals surface area contributed by atoms with Gasteiger partial charge >= 0.3 is 0 Å². The van der Waals surface area contributed by atoms with Gasteiger partial charge in [-0.3, -0.25) is 9.36 Å². The molecule has 0 fully saturated rings. The van der Waals surface area contributed by atoms with Crippen molar-refractivity contribution in [1.29, 1.82) is 0 Å². The molecular formula is C23H27N3O2. The zero-order valence-corrected chi connectivity index (χ0v) is 16.5. The van der Waals surface area contributed by atoms with Gasteiger partial charge in [-0.05, 0) is 48.6 Å². The van der Waals surface area contributed by atoms with Crippen LogP contribution in [0.2, 0.25) is 0 Å². The Morgan fingerprint density at radius 1 is 1.11 bits per heavy atom. The number of rotatable bonds is 9. The molecule has 0 aliphatic carbocycles. The van der Waals surface area contributed by atoms with Crippen LogP contribution in [0.15, 0.2) is 61.1 Å². The Morgan fingerprint density at radius 3 is 2.64 bits per heavy atom. The highest BCUT2D eigenvalue weighted by Crippen LogP contribution is 2.24. The Balaban J connectivity index is 1.66. The zero-order chi connectivity index (χ0) is 19.8. The van der Waals surface area contributed by atoms with Crippen LogP contribution in [0.25, 0.3) is 16.8 Å². The van der Waals surface area contributed by atoms with E-state index >= 15 is 0 Å². The van der Waals surface area contributed by atoms with Crippen LogP contribution in [0.1, 0.15) is 35.8 Å². The molecule has 2 aromatic carbocycles. The van der Waals surface area contributed by atoms with Gasteiger partial charge in [0.15, 0.2) is 0 Å². The maximum absolute atomic E-state index is 12.5. The lowest BCUT2D eigenvalue weighted by atomic mass is 10.0. The number of hydrogen-bond acceptors (Lipinski definition) is 3. The van der Waals surface area contributed by atoms with Gasteiger partial charge < -0.3 is 10.1 Å². The van der Waals surface area contributed by atoms with Gasteiger partial charge in [0.2, 0.25) is 0 Å². The summed E-state index contributed by atoms with van der Waals surface area (Å²) in [4.78, 5) is 16.7. The summed E-state index contributed by atoms with van der Waals surface area (Å²) in [5.74, 6) is -0.129. The number of ether oxygens (including phenoxy) is 1. The third-order valence-corrected chi connectivity index (χ3v) is 4.57. The third kappa shape index (κ3) is 4.87. The summed E-state index contributed by atoms with van der Waals surface area (Å²) < 4.78 is 7.25. The van der Waals surface area contributed by atoms with Crippen LogP contribution < -0.4 is 5.32 Å². The maximum atomic E-state index is 12.5. The smallest absolute Gasteiger partial charge is 0.269 e. The second-order valence-electron chi connectivity index (χ2n) is 6.73. The molecule has 0 spiro atoms. The van der Waals surface area contributed by atoms with Crippen molar-refractivity contribution in [2.45, 2.75) is 26.7 Å². The van der Waals surface area contributed by atoms with Gasteiger partial charge in [-0.1, -0.05) is 43.3 Å². The summed E-state index contributed by atoms with van der Waals surface area (Å²) in [7, 11) is 0. The molecule has 1 amide bonds. The topological polar surface area (TPSA) is 56.1 Å². The fourth-order valence-electron chi connectivity index (χ4n) is 3.08. The largest absolute Gasteiger partial charge is 0.381 e. The first-order valence-electron chi connectivity index (χ1n) is 9.75. The van der Waals surface area contributed by atoms with Crippen molar-refractivity contribution in [3.63, 3.8) is 0 Å². The van der Waals surface area contributed by atoms with Crippen LogP contribution in [-0.2, 0) is 4.74 Å². The number of amides is 1. The molecule has 0 saturated heterocycles. The fourth-order valence-corrected chi connectivity index (χ4v) is 3.08. The number of imidazole rings is 1. The lowest BCUT2D eigenvalue weighted by Gasteiger charge is -2.11. The number of aryl methyl sites for hydroxylation is 1. The summed E-state index contributed by atoms with van der Waals surface area (Å²) >= 11 is 0. The van der Waals surface area contributed by atoms with E-state index in [0.29, 0.717) is 18.8 Å². The van der Waals surface area contributed by atoms with Gasteiger partial charge in [0, 0.05) is 25.4 Å². The van der Waals surface area contributed by atoms with Crippen LogP contribution in [-0.4, -0.2) is 35.2 Å². The number of nitrogens with one attached hydrogen (secondary N) is 1. The van der Waals surface area contributed by atoms with E-state index in [1.165, 1.54) is 11.1 Å². The van der Waals surface area contributed by atoms with Gasteiger partial charge in [0.05, 0.1) is 12.5 Å². The van der Waals surface area contributed by atoms with E-state index in [2.05, 4.69) is 48.4 Å². The maximum Gasteiger partial charge on any atom is 0.269 e. The minimum Gasteiger partial charge on any atom is -0.381 e. The lowest BCUT2D eigenvalue weighted by Crippen LogP contribution is -2.27. The number of benzene rings is 2. The SMILES string of the molecule is CCCOCCCNC(=O)c1cncn1-c1ccc(-c2ccccc2C)cc1. The molecular weight excluding hydrogens is 350 g/mol. The molecule has 146 valence electrons. The molecule has 3 aromatic rings. The van der Waals surface area contributed by atoms with Crippen LogP contribution in [0.4, 0.5) is 0 Å². The highest BCUT2D eigenvalue weighted by molar-refractivity contribution is 5.93. The first-order chi connectivity index (χ1) is 13.7. The minimum atomic E-state index is -0.129. The molecule has 0 unspecified atom stereocenters. The quantitative estimate of drug-likeness (QED) is 0.563. The Labute approximate surface area is 166 Å². The summed E-state index contributed by atoms with van der Waals surface area (Å²) in [6.45, 7) is 6.19. The summed E-state index contributed by atoms with van der Waals surface area (Å²) in [5, 5.41) is 2.94. The van der Waals surface area contributed by atoms with Gasteiger partial charge in [0.25, 0.3) is 5.91 Å². The number of carbonyl (C=O) groups is 1. The number of hydrogen-bond donors (Lipinski definition) is 1. The first kappa shape index (κ1) is 19.8. The van der Waals surface area contributed by atoms with Crippen molar-refractivity contribution in [2.24, 2.45) is 0 Å². The second-order valence-corrected chi connectivity index (χ2v) is 6.73. The molecule has 1 heterocycles. The molecule has 0 radical (unpaired) electrons. The van der Waals surface area contributed by atoms with E-state index in [4.69, 9.17) is 4.74 Å². The number of nitrogens with zero attached hydrogens (tertiary/aromatic N) is 2. The van der Waals surface area contributed by atoms with E-state index < -0.39 is 0 Å². The highest BCUT2D eigenvalue weighted by atomic mass is 16.5. The summed E-state index contributed by atoms with van der Waals surface area (Å²) in [6, 6.07) is 16.5. The van der Waals surface area contributed by atoms with E-state index in [1.54, 1.807) is 12.5 Å². The van der Waals surface area contributed by atoms with Crippen LogP contribution in [0.3, 0.4) is 0 Å². The van der Waals surface area contributed by atoms with Gasteiger partial charge in [-0.25, -0.2) is 4.98 Å². The molecule has 1 aromatic heterocycles. The van der Waals surface area contributed by atoms with E-state index in [0.717, 1.165) is 30.7 Å². The molecule has 1 N–H and O–H groups in total. The van der Waals surface area contributed by atoms with Gasteiger partial charge in [-0.2, -0.15) is 0 Å². The molecule has 28 heavy (non-hydrogen) atoms. The Hall–Kier alpha value is -2.92. The van der Waals surface area contributed by atoms with E-state index in [1.807, 2.05) is 28.8 Å². The Morgan fingerprint density at radius 2 is 1.89 bits per heavy atom. The van der Waals surface area contributed by atoms with Crippen LogP contribution in [0, 0.1) is 6.92 Å². The molecule has 0 aliphatic rings. The van der Waals surface area contributed by atoms with Crippen molar-refractivity contribution in [3.8, 4) is 16.8 Å². The van der Waals surface area contributed by atoms with E-state index in [9.17, 15) is 4.79 Å². The van der Waals surface area contributed by atoms with Crippen molar-refractivity contribution in [2.75, 3.05) is 19.8 Å². The molecule has 5 nitrogen and oxygen atoms in total. The third-order valence-electron chi connectivity index (χ3n) is 4.57. The predicted molar refractivity (Wildman–Crippen MR) is 112 cm³/mol. The second kappa shape index (κ2) is 9.85. The standard InChI is InChI=1S/C23H27N3O2/c1-3-14-28-15-6-13-25-23(27)22-16-24-17-26(22)20-11-9-19(10-12-20)21-8-5-4-7-18(21)2/h4-5,7-12,16-17H,3,6,13-15H2,1-2H3,(H,25,27). The molecule has 0 saturated carbocycles. The van der Waals surface area contributed by atoms with Crippen molar-refractivity contribution in [3.05, 3.63) is 72.3 Å². The number of carbonyl (C=O) groups excluding carboxylic acids is 1. The normalized spacial score (nSPS) is 10.8. The highest BCUT2D eigenvalue weighted by Gasteiger charge is 2.13. The molecule has 5 heteroatoms. The minimum absolute atomic E-state index is 0.129. The average Bonchev–Trinajstić information content (AvgIpc) is 3.21. The molecule has 0 atom stereocenters. The van der Waals surface area contributed by atoms with Crippen molar-refractivity contribution < 1.29 is 9.53 Å². The molecule has 0 aliphatic heterocycles. The monoisotopic (exact) mass is 377 g/mol. The molecule has 3 rings (SSSR count). The van der Waals surface area contributed by atoms with Crippen LogP contribution in [0.5, 0.6) is 0 Å². The lowest BCUT2D eigenvalue weighted by molar-refractivity contribution is 0.0934. The Kier molecular flexibility index (Phi) is 6.98. The fraction of sp³-hybridized carbons (Fsp3) is 0.304. The summed E-state index contributed by atoms with van der Waals surface area (Å²) in [5.41, 5.74) is 5.04. The summed E-state index contributed by atoms with van der Waals surface area (Å²) in [6.07, 6.45) is 5.07. The van der Waals surface area contributed by atoms with E-state index in [-0.39, 0.29) is 5.91 Å². The van der Waals surface area contributed by atoms with Crippen molar-refractivity contribution >= 4 is 5.91 Å². The zero-order valence-electron chi connectivity index (χ0n) is 16.5. The number of aromatic nitrogens is 2. The van der Waals surface area contributed by atoms with Crippen molar-refractivity contribution in [1.82, 2.24) is 14.9 Å². The first-order valence-corrected chi connectivity index (χ1v) is 9.75. The molecule has 0 bridgehead atoms.